The smallest absolute Gasteiger partial charge is 0.326 e. The van der Waals surface area contributed by atoms with Crippen molar-refractivity contribution in [2.24, 2.45) is 17.6 Å². The van der Waals surface area contributed by atoms with Crippen LogP contribution in [0.1, 0.15) is 52.5 Å². The molecule has 3 amide bonds. The predicted molar refractivity (Wildman–Crippen MR) is 145 cm³/mol. The molecule has 0 aliphatic rings. The Morgan fingerprint density at radius 1 is 0.923 bits per heavy atom. The van der Waals surface area contributed by atoms with Crippen molar-refractivity contribution >= 4 is 40.6 Å². The van der Waals surface area contributed by atoms with Gasteiger partial charge in [-0.25, -0.2) is 4.79 Å². The maximum Gasteiger partial charge on any atom is 0.326 e. The Kier molecular flexibility index (Phi) is 11.5. The zero-order valence-corrected chi connectivity index (χ0v) is 22.7. The van der Waals surface area contributed by atoms with Crippen LogP contribution < -0.4 is 21.7 Å². The lowest BCUT2D eigenvalue weighted by Gasteiger charge is -2.28. The Hall–Kier alpha value is -3.93. The fourth-order valence-electron chi connectivity index (χ4n) is 4.22. The van der Waals surface area contributed by atoms with Crippen LogP contribution in [0.3, 0.4) is 0 Å². The summed E-state index contributed by atoms with van der Waals surface area (Å²) >= 11 is 0. The fraction of sp³-hybridized carbons (Fsp3) is 0.519. The van der Waals surface area contributed by atoms with Gasteiger partial charge in [-0.15, -0.1) is 0 Å². The molecular weight excluding hydrogens is 506 g/mol. The molecule has 8 N–H and O–H groups in total. The van der Waals surface area contributed by atoms with Crippen LogP contribution in [0.15, 0.2) is 30.5 Å². The van der Waals surface area contributed by atoms with Crippen LogP contribution >= 0.6 is 0 Å². The number of hydrogen-bond acceptors (Lipinski definition) is 6. The van der Waals surface area contributed by atoms with Gasteiger partial charge in [-0.05, 0) is 29.9 Å². The van der Waals surface area contributed by atoms with E-state index in [1.165, 1.54) is 0 Å². The minimum absolute atomic E-state index is 0.0988. The highest BCUT2D eigenvalue weighted by molar-refractivity contribution is 5.95. The van der Waals surface area contributed by atoms with Gasteiger partial charge in [0.1, 0.15) is 18.1 Å². The maximum atomic E-state index is 13.6. The summed E-state index contributed by atoms with van der Waals surface area (Å²) < 4.78 is 0. The summed E-state index contributed by atoms with van der Waals surface area (Å²) in [6.07, 6.45) is 1.88. The van der Waals surface area contributed by atoms with Crippen LogP contribution in [-0.4, -0.2) is 69.0 Å². The third-order valence-electron chi connectivity index (χ3n) is 6.58. The van der Waals surface area contributed by atoms with Crippen molar-refractivity contribution in [1.82, 2.24) is 20.9 Å². The third-order valence-corrected chi connectivity index (χ3v) is 6.58. The van der Waals surface area contributed by atoms with Gasteiger partial charge in [0.25, 0.3) is 0 Å². The van der Waals surface area contributed by atoms with Gasteiger partial charge in [0.2, 0.25) is 17.7 Å². The Morgan fingerprint density at radius 3 is 2.15 bits per heavy atom. The number of nitrogens with two attached hydrogens (primary N) is 1. The number of H-pyrrole nitrogens is 1. The Balaban J connectivity index is 2.32. The number of aliphatic carboxylic acids is 2. The van der Waals surface area contributed by atoms with E-state index in [9.17, 15) is 29.1 Å². The first kappa shape index (κ1) is 31.3. The number of nitrogens with one attached hydrogen (secondary N) is 4. The average Bonchev–Trinajstić information content (AvgIpc) is 3.27. The number of aromatic nitrogens is 1. The number of carbonyl (C=O) groups excluding carboxylic acids is 3. The zero-order valence-electron chi connectivity index (χ0n) is 22.7. The van der Waals surface area contributed by atoms with E-state index >= 15 is 0 Å². The normalized spacial score (nSPS) is 15.1. The van der Waals surface area contributed by atoms with Gasteiger partial charge in [0, 0.05) is 23.5 Å². The first-order valence-corrected chi connectivity index (χ1v) is 13.0. The lowest BCUT2D eigenvalue weighted by Crippen LogP contribution is -2.59. The van der Waals surface area contributed by atoms with E-state index in [1.807, 2.05) is 38.1 Å². The molecule has 0 aliphatic carbocycles. The second-order valence-electron chi connectivity index (χ2n) is 10.2. The third kappa shape index (κ3) is 9.10. The number of benzene rings is 1. The zero-order chi connectivity index (χ0) is 29.3. The molecule has 2 aromatic rings. The number of amides is 3. The number of hydrogen-bond donors (Lipinski definition) is 7. The van der Waals surface area contributed by atoms with Crippen molar-refractivity contribution in [3.05, 3.63) is 36.0 Å². The Labute approximate surface area is 227 Å². The molecule has 214 valence electrons. The number of aromatic amines is 1. The average molecular weight is 546 g/mol. The number of carbonyl (C=O) groups is 5. The highest BCUT2D eigenvalue weighted by atomic mass is 16.4. The standard InChI is InChI=1S/C27H39N5O7/c1-5-15(4)23(26(37)31-21(27(38)39)12-22(33)34)32-25(36)20(30-24(35)18(28)10-14(2)3)11-16-13-29-19-9-7-6-8-17(16)19/h6-9,13-15,18,20-21,23,29H,5,10-12,28H2,1-4H3,(H,30,35)(H,31,37)(H,32,36)(H,33,34)(H,38,39). The molecule has 0 radical (unpaired) electrons. The summed E-state index contributed by atoms with van der Waals surface area (Å²) in [5.41, 5.74) is 7.67. The van der Waals surface area contributed by atoms with Gasteiger partial charge in [-0.1, -0.05) is 52.3 Å². The topological polar surface area (TPSA) is 204 Å². The monoisotopic (exact) mass is 545 g/mol. The molecule has 0 fully saturated rings. The van der Waals surface area contributed by atoms with Gasteiger partial charge >= 0.3 is 11.9 Å². The lowest BCUT2D eigenvalue weighted by atomic mass is 9.96. The van der Waals surface area contributed by atoms with Gasteiger partial charge in [-0.3, -0.25) is 19.2 Å². The van der Waals surface area contributed by atoms with Gasteiger partial charge in [-0.2, -0.15) is 0 Å². The van der Waals surface area contributed by atoms with E-state index in [4.69, 9.17) is 10.8 Å². The van der Waals surface area contributed by atoms with E-state index in [1.54, 1.807) is 20.0 Å². The molecule has 1 aromatic heterocycles. The summed E-state index contributed by atoms with van der Waals surface area (Å²) in [7, 11) is 0. The Morgan fingerprint density at radius 2 is 1.56 bits per heavy atom. The van der Waals surface area contributed by atoms with Gasteiger partial charge in [0.05, 0.1) is 12.5 Å². The summed E-state index contributed by atoms with van der Waals surface area (Å²) in [4.78, 5) is 65.2. The number of para-hydroxylation sites is 1. The first-order chi connectivity index (χ1) is 18.3. The molecule has 1 heterocycles. The number of rotatable bonds is 15. The molecule has 5 unspecified atom stereocenters. The van der Waals surface area contributed by atoms with Crippen LogP contribution in [-0.2, 0) is 30.4 Å². The Bertz CT molecular complexity index is 1180. The molecule has 12 nitrogen and oxygen atoms in total. The molecule has 39 heavy (non-hydrogen) atoms. The number of fused-ring (bicyclic) bond motifs is 1. The van der Waals surface area contributed by atoms with E-state index in [0.717, 1.165) is 16.5 Å². The van der Waals surface area contributed by atoms with Crippen molar-refractivity contribution in [2.45, 2.75) is 77.5 Å². The number of carboxylic acid groups (broad SMARTS) is 2. The molecule has 12 heteroatoms. The SMILES string of the molecule is CCC(C)C(NC(=O)C(Cc1c[nH]c2ccccc12)NC(=O)C(N)CC(C)C)C(=O)NC(CC(=O)O)C(=O)O. The molecule has 2 rings (SSSR count). The first-order valence-electron chi connectivity index (χ1n) is 13.0. The summed E-state index contributed by atoms with van der Waals surface area (Å²) in [5.74, 6) is -5.19. The van der Waals surface area contributed by atoms with Gasteiger partial charge in [0.15, 0.2) is 0 Å². The van der Waals surface area contributed by atoms with Crippen LogP contribution in [0, 0.1) is 11.8 Å². The molecular formula is C27H39N5O7. The van der Waals surface area contributed by atoms with E-state index < -0.39 is 66.2 Å². The van der Waals surface area contributed by atoms with Crippen molar-refractivity contribution in [1.29, 1.82) is 0 Å². The van der Waals surface area contributed by atoms with E-state index in [2.05, 4.69) is 20.9 Å². The maximum absolute atomic E-state index is 13.6. The molecule has 0 saturated carbocycles. The van der Waals surface area contributed by atoms with E-state index in [0.29, 0.717) is 12.8 Å². The van der Waals surface area contributed by atoms with Gasteiger partial charge < -0.3 is 36.9 Å². The molecule has 5 atom stereocenters. The van der Waals surface area contributed by atoms with Crippen LogP contribution in [0.25, 0.3) is 10.9 Å². The van der Waals surface area contributed by atoms with Crippen LogP contribution in [0.4, 0.5) is 0 Å². The molecule has 0 spiro atoms. The minimum Gasteiger partial charge on any atom is -0.481 e. The summed E-state index contributed by atoms with van der Waals surface area (Å²) in [6.45, 7) is 7.34. The molecule has 1 aromatic carbocycles. The van der Waals surface area contributed by atoms with Crippen LogP contribution in [0.2, 0.25) is 0 Å². The van der Waals surface area contributed by atoms with Crippen molar-refractivity contribution in [2.75, 3.05) is 0 Å². The highest BCUT2D eigenvalue weighted by Gasteiger charge is 2.33. The fourth-order valence-corrected chi connectivity index (χ4v) is 4.22. The molecule has 0 aliphatic heterocycles. The van der Waals surface area contributed by atoms with E-state index in [-0.39, 0.29) is 12.3 Å². The summed E-state index contributed by atoms with van der Waals surface area (Å²) in [5, 5.41) is 26.8. The quantitative estimate of drug-likeness (QED) is 0.172. The molecule has 0 bridgehead atoms. The second-order valence-corrected chi connectivity index (χ2v) is 10.2. The largest absolute Gasteiger partial charge is 0.481 e. The number of carboxylic acids is 2. The minimum atomic E-state index is -1.67. The summed E-state index contributed by atoms with van der Waals surface area (Å²) in [6, 6.07) is 2.69. The van der Waals surface area contributed by atoms with Crippen molar-refractivity contribution < 1.29 is 34.2 Å². The molecule has 0 saturated heterocycles. The van der Waals surface area contributed by atoms with Crippen LogP contribution in [0.5, 0.6) is 0 Å². The van der Waals surface area contributed by atoms with Crippen molar-refractivity contribution in [3.8, 4) is 0 Å². The second kappa shape index (κ2) is 14.3. The predicted octanol–water partition coefficient (Wildman–Crippen LogP) is 1.14. The van der Waals surface area contributed by atoms with Crippen molar-refractivity contribution in [3.63, 3.8) is 0 Å². The highest BCUT2D eigenvalue weighted by Crippen LogP contribution is 2.20. The lowest BCUT2D eigenvalue weighted by molar-refractivity contribution is -0.147.